The molecule has 0 saturated carbocycles. The van der Waals surface area contributed by atoms with Crippen LogP contribution in [0.25, 0.3) is 0 Å². The summed E-state index contributed by atoms with van der Waals surface area (Å²) in [4.78, 5) is 0.394. The van der Waals surface area contributed by atoms with Gasteiger partial charge in [0.25, 0.3) is 0 Å². The fourth-order valence-corrected chi connectivity index (χ4v) is 1.89. The predicted molar refractivity (Wildman–Crippen MR) is 79.2 cm³/mol. The van der Waals surface area contributed by atoms with Crippen LogP contribution in [0.4, 0.5) is 0 Å². The molecule has 0 aliphatic rings. The molecule has 0 radical (unpaired) electrons. The second-order valence-corrected chi connectivity index (χ2v) is 4.72. The van der Waals surface area contributed by atoms with Crippen LogP contribution in [-0.2, 0) is 20.1 Å². The van der Waals surface area contributed by atoms with Gasteiger partial charge in [0, 0.05) is 12.6 Å². The van der Waals surface area contributed by atoms with Gasteiger partial charge >= 0.3 is 0 Å². The highest BCUT2D eigenvalue weighted by molar-refractivity contribution is 7.80. The SMILES string of the molecule is CCc1cc(COc2ccc(C(N)=S)cc2)n(C)n1. The van der Waals surface area contributed by atoms with Crippen LogP contribution in [0.15, 0.2) is 30.3 Å². The smallest absolute Gasteiger partial charge is 0.130 e. The Morgan fingerprint density at radius 1 is 1.37 bits per heavy atom. The van der Waals surface area contributed by atoms with Crippen molar-refractivity contribution in [2.45, 2.75) is 20.0 Å². The fraction of sp³-hybridized carbons (Fsp3) is 0.286. The van der Waals surface area contributed by atoms with Crippen molar-refractivity contribution in [3.63, 3.8) is 0 Å². The highest BCUT2D eigenvalue weighted by Crippen LogP contribution is 2.14. The van der Waals surface area contributed by atoms with Crippen LogP contribution >= 0.6 is 12.2 Å². The van der Waals surface area contributed by atoms with E-state index in [-0.39, 0.29) is 0 Å². The average molecular weight is 275 g/mol. The topological polar surface area (TPSA) is 53.1 Å². The first-order chi connectivity index (χ1) is 9.10. The molecule has 2 rings (SSSR count). The molecule has 1 heterocycles. The van der Waals surface area contributed by atoms with Gasteiger partial charge in [-0.25, -0.2) is 0 Å². The van der Waals surface area contributed by atoms with Crippen LogP contribution in [0.3, 0.4) is 0 Å². The van der Waals surface area contributed by atoms with Gasteiger partial charge in [-0.2, -0.15) is 5.10 Å². The lowest BCUT2D eigenvalue weighted by Crippen LogP contribution is -2.09. The molecule has 1 aromatic heterocycles. The van der Waals surface area contributed by atoms with Crippen LogP contribution in [0.1, 0.15) is 23.9 Å². The second kappa shape index (κ2) is 5.84. The average Bonchev–Trinajstić information content (AvgIpc) is 2.77. The number of rotatable bonds is 5. The number of hydrogen-bond donors (Lipinski definition) is 1. The van der Waals surface area contributed by atoms with E-state index in [9.17, 15) is 0 Å². The van der Waals surface area contributed by atoms with E-state index in [2.05, 4.69) is 18.1 Å². The number of benzene rings is 1. The lowest BCUT2D eigenvalue weighted by molar-refractivity contribution is 0.295. The van der Waals surface area contributed by atoms with E-state index in [0.29, 0.717) is 11.6 Å². The highest BCUT2D eigenvalue weighted by atomic mass is 32.1. The monoisotopic (exact) mass is 275 g/mol. The van der Waals surface area contributed by atoms with Crippen molar-refractivity contribution in [2.24, 2.45) is 12.8 Å². The van der Waals surface area contributed by atoms with Gasteiger partial charge in [-0.1, -0.05) is 19.1 Å². The first kappa shape index (κ1) is 13.5. The van der Waals surface area contributed by atoms with Gasteiger partial charge < -0.3 is 10.5 Å². The fourth-order valence-electron chi connectivity index (χ4n) is 1.75. The molecule has 0 aliphatic heterocycles. The van der Waals surface area contributed by atoms with Gasteiger partial charge in [0.2, 0.25) is 0 Å². The molecule has 0 amide bonds. The Hall–Kier alpha value is -1.88. The summed E-state index contributed by atoms with van der Waals surface area (Å²) >= 11 is 4.91. The minimum Gasteiger partial charge on any atom is -0.487 e. The normalized spacial score (nSPS) is 10.4. The second-order valence-electron chi connectivity index (χ2n) is 4.28. The van der Waals surface area contributed by atoms with E-state index in [1.807, 2.05) is 36.0 Å². The third-order valence-corrected chi connectivity index (χ3v) is 3.15. The van der Waals surface area contributed by atoms with E-state index < -0.39 is 0 Å². The van der Waals surface area contributed by atoms with Gasteiger partial charge in [0.05, 0.1) is 11.4 Å². The van der Waals surface area contributed by atoms with Gasteiger partial charge in [-0.3, -0.25) is 4.68 Å². The lowest BCUT2D eigenvalue weighted by atomic mass is 10.2. The van der Waals surface area contributed by atoms with Crippen LogP contribution < -0.4 is 10.5 Å². The zero-order valence-electron chi connectivity index (χ0n) is 11.1. The number of nitrogens with two attached hydrogens (primary N) is 1. The minimum absolute atomic E-state index is 0.394. The number of nitrogens with zero attached hydrogens (tertiary/aromatic N) is 2. The summed E-state index contributed by atoms with van der Waals surface area (Å²) in [7, 11) is 1.92. The summed E-state index contributed by atoms with van der Waals surface area (Å²) in [6, 6.07) is 9.51. The molecule has 5 heteroatoms. The Kier molecular flexibility index (Phi) is 4.16. The molecule has 0 aliphatic carbocycles. The molecule has 0 fully saturated rings. The van der Waals surface area contributed by atoms with Crippen LogP contribution in [0.5, 0.6) is 5.75 Å². The molecule has 100 valence electrons. The Morgan fingerprint density at radius 3 is 2.58 bits per heavy atom. The van der Waals surface area contributed by atoms with Crippen molar-refractivity contribution in [3.8, 4) is 5.75 Å². The maximum absolute atomic E-state index is 5.72. The van der Waals surface area contributed by atoms with Crippen LogP contribution in [0, 0.1) is 0 Å². The lowest BCUT2D eigenvalue weighted by Gasteiger charge is -2.07. The molecule has 2 N–H and O–H groups in total. The molecule has 1 aromatic carbocycles. The largest absolute Gasteiger partial charge is 0.487 e. The van der Waals surface area contributed by atoms with Gasteiger partial charge in [0.15, 0.2) is 0 Å². The molecular weight excluding hydrogens is 258 g/mol. The van der Waals surface area contributed by atoms with E-state index in [4.69, 9.17) is 22.7 Å². The van der Waals surface area contributed by atoms with Crippen molar-refractivity contribution in [3.05, 3.63) is 47.3 Å². The highest BCUT2D eigenvalue weighted by Gasteiger charge is 2.05. The first-order valence-electron chi connectivity index (χ1n) is 6.14. The third-order valence-electron chi connectivity index (χ3n) is 2.92. The zero-order valence-corrected chi connectivity index (χ0v) is 11.9. The number of aromatic nitrogens is 2. The van der Waals surface area contributed by atoms with Gasteiger partial charge in [-0.05, 0) is 36.8 Å². The van der Waals surface area contributed by atoms with Gasteiger partial charge in [-0.15, -0.1) is 0 Å². The Labute approximate surface area is 118 Å². The van der Waals surface area contributed by atoms with E-state index in [1.165, 1.54) is 0 Å². The van der Waals surface area contributed by atoms with Crippen molar-refractivity contribution in [2.75, 3.05) is 0 Å². The van der Waals surface area contributed by atoms with Gasteiger partial charge in [0.1, 0.15) is 17.3 Å². The molecule has 0 bridgehead atoms. The summed E-state index contributed by atoms with van der Waals surface area (Å²) in [5.41, 5.74) is 8.51. The standard InChI is InChI=1S/C14H17N3OS/c1-3-11-8-12(17(2)16-11)9-18-13-6-4-10(5-7-13)14(15)19/h4-8H,3,9H2,1-2H3,(H2,15,19). The van der Waals surface area contributed by atoms with E-state index in [1.54, 1.807) is 0 Å². The summed E-state index contributed by atoms with van der Waals surface area (Å²) in [6.07, 6.45) is 0.927. The minimum atomic E-state index is 0.394. The van der Waals surface area contributed by atoms with Crippen molar-refractivity contribution in [1.29, 1.82) is 0 Å². The van der Waals surface area contributed by atoms with Crippen molar-refractivity contribution < 1.29 is 4.74 Å². The number of hydrogen-bond acceptors (Lipinski definition) is 3. The predicted octanol–water partition coefficient (Wildman–Crippen LogP) is 2.20. The Balaban J connectivity index is 2.01. The van der Waals surface area contributed by atoms with E-state index in [0.717, 1.165) is 29.1 Å². The van der Waals surface area contributed by atoms with Crippen LogP contribution in [-0.4, -0.2) is 14.8 Å². The summed E-state index contributed by atoms with van der Waals surface area (Å²) in [5, 5.41) is 4.38. The molecule has 2 aromatic rings. The van der Waals surface area contributed by atoms with Crippen LogP contribution in [0.2, 0.25) is 0 Å². The number of ether oxygens (including phenoxy) is 1. The summed E-state index contributed by atoms with van der Waals surface area (Å²) in [5.74, 6) is 0.791. The third kappa shape index (κ3) is 3.32. The molecule has 4 nitrogen and oxygen atoms in total. The molecule has 0 atom stereocenters. The van der Waals surface area contributed by atoms with Crippen molar-refractivity contribution >= 4 is 17.2 Å². The Bertz CT molecular complexity index is 575. The summed E-state index contributed by atoms with van der Waals surface area (Å²) < 4.78 is 7.57. The Morgan fingerprint density at radius 2 is 2.05 bits per heavy atom. The quantitative estimate of drug-likeness (QED) is 0.850. The maximum atomic E-state index is 5.72. The number of thiocarbonyl (C=S) groups is 1. The van der Waals surface area contributed by atoms with Crippen molar-refractivity contribution in [1.82, 2.24) is 9.78 Å². The maximum Gasteiger partial charge on any atom is 0.130 e. The molecule has 0 spiro atoms. The molecular formula is C14H17N3OS. The molecule has 19 heavy (non-hydrogen) atoms. The summed E-state index contributed by atoms with van der Waals surface area (Å²) in [6.45, 7) is 2.58. The zero-order chi connectivity index (χ0) is 13.8. The molecule has 0 unspecified atom stereocenters. The first-order valence-corrected chi connectivity index (χ1v) is 6.55. The molecule has 0 saturated heterocycles. The number of aryl methyl sites for hydroxylation is 2. The van der Waals surface area contributed by atoms with E-state index >= 15 is 0 Å².